The first-order valence-electron chi connectivity index (χ1n) is 14.7. The summed E-state index contributed by atoms with van der Waals surface area (Å²) in [6.45, 7) is 8.22. The molecule has 0 aliphatic carbocycles. The molecule has 0 bridgehead atoms. The van der Waals surface area contributed by atoms with Crippen molar-refractivity contribution in [2.45, 2.75) is 71.6 Å². The lowest BCUT2D eigenvalue weighted by Gasteiger charge is -2.36. The number of rotatable bonds is 11. The molecular weight excluding hydrogens is 546 g/mol. The number of anilines is 1. The fourth-order valence-electron chi connectivity index (χ4n) is 5.84. The zero-order valence-electron chi connectivity index (χ0n) is 25.3. The van der Waals surface area contributed by atoms with Crippen LogP contribution in [0.1, 0.15) is 63.6 Å². The smallest absolute Gasteiger partial charge is 0.269 e. The largest absolute Gasteiger partial charge is 0.394 e. The molecule has 2 N–H and O–H groups in total. The van der Waals surface area contributed by atoms with Crippen LogP contribution in [0.4, 0.5) is 11.4 Å². The van der Waals surface area contributed by atoms with Gasteiger partial charge in [-0.1, -0.05) is 66.6 Å². The number of benzene rings is 2. The predicted molar refractivity (Wildman–Crippen MR) is 166 cm³/mol. The van der Waals surface area contributed by atoms with Crippen LogP contribution in [0, 0.1) is 16.0 Å². The van der Waals surface area contributed by atoms with E-state index in [0.29, 0.717) is 18.7 Å². The highest BCUT2D eigenvalue weighted by molar-refractivity contribution is 6.07. The monoisotopic (exact) mass is 587 g/mol. The number of hydrogen-bond acceptors (Lipinski definition) is 6. The van der Waals surface area contributed by atoms with E-state index in [1.54, 1.807) is 24.0 Å². The van der Waals surface area contributed by atoms with E-state index in [-0.39, 0.29) is 42.8 Å². The van der Waals surface area contributed by atoms with Crippen LogP contribution >= 0.6 is 0 Å². The number of hydrogen-bond donors (Lipinski definition) is 2. The van der Waals surface area contributed by atoms with Crippen LogP contribution in [0.25, 0.3) is 0 Å². The molecule has 43 heavy (non-hydrogen) atoms. The fourth-order valence-corrected chi connectivity index (χ4v) is 5.84. The summed E-state index contributed by atoms with van der Waals surface area (Å²) in [5, 5.41) is 33.4. The van der Waals surface area contributed by atoms with Crippen LogP contribution in [0.5, 0.6) is 0 Å². The van der Waals surface area contributed by atoms with E-state index in [1.165, 1.54) is 28.7 Å². The topological polar surface area (TPSA) is 124 Å². The number of nitrogens with zero attached hydrogens (tertiary/aromatic N) is 3. The van der Waals surface area contributed by atoms with Crippen LogP contribution in [0.2, 0.25) is 0 Å². The van der Waals surface area contributed by atoms with Crippen molar-refractivity contribution in [1.29, 1.82) is 0 Å². The molecule has 2 amide bonds. The van der Waals surface area contributed by atoms with Crippen molar-refractivity contribution in [2.24, 2.45) is 5.92 Å². The quantitative estimate of drug-likeness (QED) is 0.208. The molecule has 2 aromatic carbocycles. The van der Waals surface area contributed by atoms with Gasteiger partial charge in [-0.3, -0.25) is 19.7 Å². The van der Waals surface area contributed by atoms with Crippen LogP contribution < -0.4 is 4.90 Å². The van der Waals surface area contributed by atoms with Gasteiger partial charge in [-0.05, 0) is 57.2 Å². The lowest BCUT2D eigenvalue weighted by atomic mass is 9.82. The standard InChI is InChI=1S/C34H41N3O6/c1-23(2)9-7-10-24(3)17-18-35-31-16-15-28(37(42)43)20-30(31)34(41,33(35)40)25(4)11-8-14-32(39)36-21-27-13-6-5-12-26(27)19-29(36)22-38/h5-6,8-9,11-13,15-17,20,25,29,38,41H,7,10,14,18-19,21-22H2,1-4H3/b11-8+,24-17+/t25-,29-,34+/m0/s1. The van der Waals surface area contributed by atoms with Crippen molar-refractivity contribution in [3.05, 3.63) is 105 Å². The highest BCUT2D eigenvalue weighted by Crippen LogP contribution is 2.46. The van der Waals surface area contributed by atoms with Gasteiger partial charge >= 0.3 is 0 Å². The highest BCUT2D eigenvalue weighted by atomic mass is 16.6. The Kier molecular flexibility index (Phi) is 9.98. The Morgan fingerprint density at radius 1 is 1.16 bits per heavy atom. The maximum atomic E-state index is 13.8. The van der Waals surface area contributed by atoms with Crippen molar-refractivity contribution in [3.8, 4) is 0 Å². The minimum absolute atomic E-state index is 0.0202. The maximum Gasteiger partial charge on any atom is 0.269 e. The van der Waals surface area contributed by atoms with Crippen LogP contribution in [-0.2, 0) is 28.2 Å². The molecule has 2 aliphatic heterocycles. The van der Waals surface area contributed by atoms with Gasteiger partial charge in [0.05, 0.1) is 23.3 Å². The predicted octanol–water partition coefficient (Wildman–Crippen LogP) is 5.35. The molecule has 2 aliphatic rings. The molecule has 9 heteroatoms. The molecule has 0 radical (unpaired) electrons. The normalized spacial score (nSPS) is 20.7. The fraction of sp³-hybridized carbons (Fsp3) is 0.412. The Morgan fingerprint density at radius 3 is 2.56 bits per heavy atom. The number of allylic oxidation sites excluding steroid dienone is 3. The number of carbonyl (C=O) groups excluding carboxylic acids is 2. The average Bonchev–Trinajstić information content (AvgIpc) is 3.20. The second kappa shape index (κ2) is 13.5. The SMILES string of the molecule is CC(C)=CCC/C(C)=C/CN1C(=O)[C@@](O)([C@@H](C)/C=C/CC(=O)N2Cc3ccccc3C[C@H]2CO)c2cc([N+](=O)[O-])ccc21. The molecule has 0 saturated heterocycles. The third-order valence-electron chi connectivity index (χ3n) is 8.44. The van der Waals surface area contributed by atoms with Crippen LogP contribution in [0.15, 0.2) is 77.9 Å². The van der Waals surface area contributed by atoms with Gasteiger partial charge in [0.2, 0.25) is 5.91 Å². The van der Waals surface area contributed by atoms with Gasteiger partial charge in [0.15, 0.2) is 5.60 Å². The Morgan fingerprint density at radius 2 is 1.88 bits per heavy atom. The number of carbonyl (C=O) groups is 2. The maximum absolute atomic E-state index is 13.8. The summed E-state index contributed by atoms with van der Waals surface area (Å²) >= 11 is 0. The number of nitro groups is 1. The molecule has 2 aromatic rings. The van der Waals surface area contributed by atoms with Gasteiger partial charge < -0.3 is 20.0 Å². The first kappa shape index (κ1) is 31.8. The van der Waals surface area contributed by atoms with Gasteiger partial charge in [-0.25, -0.2) is 0 Å². The van der Waals surface area contributed by atoms with Crippen molar-refractivity contribution < 1.29 is 24.7 Å². The number of fused-ring (bicyclic) bond motifs is 2. The molecular formula is C34H41N3O6. The van der Waals surface area contributed by atoms with Gasteiger partial charge in [-0.2, -0.15) is 0 Å². The summed E-state index contributed by atoms with van der Waals surface area (Å²) in [5.41, 5.74) is 2.85. The molecule has 228 valence electrons. The lowest BCUT2D eigenvalue weighted by molar-refractivity contribution is -0.385. The van der Waals surface area contributed by atoms with E-state index in [1.807, 2.05) is 51.1 Å². The highest BCUT2D eigenvalue weighted by Gasteiger charge is 2.53. The Hall–Kier alpha value is -4.08. The Bertz CT molecular complexity index is 1470. The van der Waals surface area contributed by atoms with Gasteiger partial charge in [-0.15, -0.1) is 0 Å². The van der Waals surface area contributed by atoms with Gasteiger partial charge in [0, 0.05) is 43.1 Å². The number of non-ortho nitro benzene ring substituents is 1. The number of aliphatic hydroxyl groups is 2. The van der Waals surface area contributed by atoms with E-state index in [0.717, 1.165) is 29.5 Å². The van der Waals surface area contributed by atoms with E-state index < -0.39 is 22.3 Å². The average molecular weight is 588 g/mol. The Balaban J connectivity index is 1.53. The third kappa shape index (κ3) is 6.78. The molecule has 0 aromatic heterocycles. The molecule has 4 rings (SSSR count). The molecule has 3 atom stereocenters. The molecule has 0 fully saturated rings. The van der Waals surface area contributed by atoms with Gasteiger partial charge in [0.25, 0.3) is 11.6 Å². The van der Waals surface area contributed by atoms with E-state index in [4.69, 9.17) is 0 Å². The van der Waals surface area contributed by atoms with Crippen LogP contribution in [-0.4, -0.2) is 51.0 Å². The third-order valence-corrected chi connectivity index (χ3v) is 8.44. The summed E-state index contributed by atoms with van der Waals surface area (Å²) in [5.74, 6) is -1.52. The van der Waals surface area contributed by atoms with Crippen molar-refractivity contribution in [1.82, 2.24) is 4.90 Å². The van der Waals surface area contributed by atoms with E-state index >= 15 is 0 Å². The van der Waals surface area contributed by atoms with Crippen molar-refractivity contribution >= 4 is 23.2 Å². The van der Waals surface area contributed by atoms with E-state index in [2.05, 4.69) is 6.08 Å². The second-order valence-electron chi connectivity index (χ2n) is 11.8. The zero-order valence-corrected chi connectivity index (χ0v) is 25.3. The molecule has 0 spiro atoms. The number of aliphatic hydroxyl groups excluding tert-OH is 1. The minimum Gasteiger partial charge on any atom is -0.394 e. The molecule has 9 nitrogen and oxygen atoms in total. The number of nitro benzene ring substituents is 1. The van der Waals surface area contributed by atoms with Crippen LogP contribution in [0.3, 0.4) is 0 Å². The molecule has 0 unspecified atom stereocenters. The minimum atomic E-state index is -2.04. The summed E-state index contributed by atoms with van der Waals surface area (Å²) in [7, 11) is 0. The zero-order chi connectivity index (χ0) is 31.3. The lowest BCUT2D eigenvalue weighted by Crippen LogP contribution is -2.46. The van der Waals surface area contributed by atoms with Gasteiger partial charge in [0.1, 0.15) is 0 Å². The van der Waals surface area contributed by atoms with E-state index in [9.17, 15) is 29.9 Å². The summed E-state index contributed by atoms with van der Waals surface area (Å²) in [4.78, 5) is 41.2. The summed E-state index contributed by atoms with van der Waals surface area (Å²) < 4.78 is 0. The first-order valence-corrected chi connectivity index (χ1v) is 14.7. The van der Waals surface area contributed by atoms with Crippen molar-refractivity contribution in [2.75, 3.05) is 18.1 Å². The summed E-state index contributed by atoms with van der Waals surface area (Å²) in [6.07, 6.45) is 9.65. The Labute approximate surface area is 253 Å². The molecule has 0 saturated carbocycles. The number of amides is 2. The molecule has 2 heterocycles. The van der Waals surface area contributed by atoms with Crippen molar-refractivity contribution in [3.63, 3.8) is 0 Å². The second-order valence-corrected chi connectivity index (χ2v) is 11.8. The summed E-state index contributed by atoms with van der Waals surface area (Å²) in [6, 6.07) is 11.6. The first-order chi connectivity index (χ1) is 20.5.